The summed E-state index contributed by atoms with van der Waals surface area (Å²) in [6, 6.07) is 18.7. The van der Waals surface area contributed by atoms with Crippen molar-refractivity contribution in [3.63, 3.8) is 0 Å². The topological polar surface area (TPSA) is 36.9 Å². The zero-order chi connectivity index (χ0) is 58.8. The van der Waals surface area contributed by atoms with Crippen molar-refractivity contribution >= 4 is 0 Å². The van der Waals surface area contributed by atoms with E-state index in [-0.39, 0.29) is 27.9 Å². The third-order valence-electron chi connectivity index (χ3n) is 12.3. The first-order valence-electron chi connectivity index (χ1n) is 23.5. The van der Waals surface area contributed by atoms with Crippen molar-refractivity contribution < 1.29 is 98.2 Å². The molecule has 0 aliphatic heterocycles. The first-order chi connectivity index (χ1) is 37.4. The average Bonchev–Trinajstić information content (AvgIpc) is 3.41. The number of quaternary nitrogens is 2. The smallest absolute Gasteiger partial charge is 0.205 e. The fourth-order valence-corrected chi connectivity index (χ4v) is 8.59. The molecular weight excluding hydrogens is 1090 g/mol. The second-order valence-corrected chi connectivity index (χ2v) is 20.2. The Kier molecular flexibility index (Phi) is 15.8. The van der Waals surface area contributed by atoms with Crippen molar-refractivity contribution in [2.75, 3.05) is 49.4 Å². The Hall–Kier alpha value is -8.24. The normalized spacial score (nSPS) is 11.8. The van der Waals surface area contributed by atoms with Crippen LogP contribution in [-0.2, 0) is 13.1 Å². The van der Waals surface area contributed by atoms with Gasteiger partial charge in [-0.3, -0.25) is 0 Å². The highest BCUT2D eigenvalue weighted by molar-refractivity contribution is 5.72. The van der Waals surface area contributed by atoms with Gasteiger partial charge in [-0.1, -0.05) is 36.4 Å². The maximum absolute atomic E-state index is 15.9. The van der Waals surface area contributed by atoms with Gasteiger partial charge in [0.25, 0.3) is 0 Å². The summed E-state index contributed by atoms with van der Waals surface area (Å²) in [7, 11) is 12.8. The monoisotopic (exact) mass is 1130 g/mol. The van der Waals surface area contributed by atoms with Gasteiger partial charge >= 0.3 is 0 Å². The van der Waals surface area contributed by atoms with Gasteiger partial charge in [-0.15, -0.1) is 0 Å². The Balaban J connectivity index is 1.03. The molecule has 0 aromatic heterocycles. The molecule has 0 amide bonds. The van der Waals surface area contributed by atoms with Gasteiger partial charge in [-0.25, -0.2) is 43.9 Å². The lowest BCUT2D eigenvalue weighted by Crippen LogP contribution is -2.33. The molecule has 0 bridgehead atoms. The molecule has 0 heterocycles. The first-order valence-corrected chi connectivity index (χ1v) is 23.5. The fourth-order valence-electron chi connectivity index (χ4n) is 8.59. The van der Waals surface area contributed by atoms with Crippen LogP contribution in [0.5, 0.6) is 40.2 Å². The number of methoxy groups -OCH3 is 1. The highest BCUT2D eigenvalue weighted by Crippen LogP contribution is 2.46. The van der Waals surface area contributed by atoms with Gasteiger partial charge < -0.3 is 27.9 Å². The van der Waals surface area contributed by atoms with Crippen LogP contribution in [0.3, 0.4) is 0 Å². The molecule has 0 fully saturated rings. The minimum Gasteiger partial charge on any atom is -0.496 e. The summed E-state index contributed by atoms with van der Waals surface area (Å²) in [6.07, 6.45) is 0. The minimum absolute atomic E-state index is 0.130. The Morgan fingerprint density at radius 1 is 0.312 bits per heavy atom. The Labute approximate surface area is 446 Å². The van der Waals surface area contributed by atoms with E-state index in [4.69, 9.17) is 18.9 Å². The van der Waals surface area contributed by atoms with E-state index in [2.05, 4.69) is 0 Å². The molecule has 0 atom stereocenters. The lowest BCUT2D eigenvalue weighted by Gasteiger charge is -2.26. The fraction of sp³-hybridized carbons (Fsp3) is 0.172. The van der Waals surface area contributed by atoms with E-state index in [0.29, 0.717) is 40.4 Å². The molecule has 0 aliphatic rings. The summed E-state index contributed by atoms with van der Waals surface area (Å²) in [6.45, 7) is 1.30. The second-order valence-electron chi connectivity index (χ2n) is 20.2. The van der Waals surface area contributed by atoms with Gasteiger partial charge in [0.05, 0.1) is 71.6 Å². The Morgan fingerprint density at radius 3 is 0.875 bits per heavy atom. The summed E-state index contributed by atoms with van der Waals surface area (Å²) >= 11 is 0. The van der Waals surface area contributed by atoms with Gasteiger partial charge in [-0.2, -0.15) is 26.3 Å². The Bertz CT molecular complexity index is 3670. The van der Waals surface area contributed by atoms with Gasteiger partial charge in [0.1, 0.15) is 36.1 Å². The molecule has 418 valence electrons. The molecule has 0 unspecified atom stereocenters. The molecule has 0 saturated heterocycles. The highest BCUT2D eigenvalue weighted by Gasteiger charge is 2.37. The maximum Gasteiger partial charge on any atom is 0.205 e. The molecule has 0 spiro atoms. The number of hydrogen-bond acceptors (Lipinski definition) is 4. The molecule has 22 heteroatoms. The van der Waals surface area contributed by atoms with Crippen LogP contribution in [0.1, 0.15) is 16.7 Å². The van der Waals surface area contributed by atoms with Crippen molar-refractivity contribution in [2.24, 2.45) is 0 Å². The summed E-state index contributed by atoms with van der Waals surface area (Å²) in [4.78, 5) is 0. The predicted molar refractivity (Wildman–Crippen MR) is 262 cm³/mol. The van der Waals surface area contributed by atoms with Gasteiger partial charge in [-0.05, 0) is 77.7 Å². The quantitative estimate of drug-likeness (QED) is 0.0582. The summed E-state index contributed by atoms with van der Waals surface area (Å²) < 4.78 is 266. The van der Waals surface area contributed by atoms with Crippen LogP contribution in [0, 0.1) is 100.0 Å². The molecule has 8 rings (SSSR count). The van der Waals surface area contributed by atoms with Crippen LogP contribution >= 0.6 is 0 Å². The van der Waals surface area contributed by atoms with E-state index < -0.39 is 150 Å². The molecule has 80 heavy (non-hydrogen) atoms. The summed E-state index contributed by atoms with van der Waals surface area (Å²) in [5, 5.41) is 0. The largest absolute Gasteiger partial charge is 0.496 e. The number of hydrogen-bond donors (Lipinski definition) is 0. The van der Waals surface area contributed by atoms with E-state index in [1.54, 1.807) is 39.3 Å². The molecule has 6 nitrogen and oxygen atoms in total. The zero-order valence-electron chi connectivity index (χ0n) is 43.1. The lowest BCUT2D eigenvalue weighted by atomic mass is 9.99. The number of nitrogens with zero attached hydrogens (tertiary/aromatic N) is 2. The summed E-state index contributed by atoms with van der Waals surface area (Å²) in [5.74, 6) is -43.7. The molecule has 0 saturated carbocycles. The van der Waals surface area contributed by atoms with Crippen molar-refractivity contribution in [3.05, 3.63) is 195 Å². The van der Waals surface area contributed by atoms with Crippen LogP contribution in [-0.4, -0.2) is 58.4 Å². The number of rotatable bonds is 15. The van der Waals surface area contributed by atoms with Gasteiger partial charge in [0.15, 0.2) is 58.2 Å². The first kappa shape index (κ1) is 57.9. The second kappa shape index (κ2) is 21.8. The third-order valence-corrected chi connectivity index (χ3v) is 12.3. The van der Waals surface area contributed by atoms with E-state index in [0.717, 1.165) is 29.8 Å². The van der Waals surface area contributed by atoms with Crippen molar-refractivity contribution in [1.82, 2.24) is 0 Å². The van der Waals surface area contributed by atoms with Crippen molar-refractivity contribution in [1.29, 1.82) is 0 Å². The highest BCUT2D eigenvalue weighted by atomic mass is 19.2. The SMILES string of the molecule is COc1ccc(-c2ccc(Oc3c(F)c(F)c(-c4c(F)c(F)c(Oc5ccc(-c6ccc(Oc7c(F)c(F)c(-c8c(F)c(F)c(C)c(F)c8F)c(F)c7F)cc6)cc5)c(F)c4F)c(F)c3F)c(C[N+](C)(C)C)c2)cc1C[N+](C)(C)C. The number of benzene rings is 8. The van der Waals surface area contributed by atoms with E-state index in [9.17, 15) is 17.6 Å². The minimum atomic E-state index is -2.52. The summed E-state index contributed by atoms with van der Waals surface area (Å²) in [5.41, 5.74) is -6.78. The molecule has 8 aromatic carbocycles. The van der Waals surface area contributed by atoms with Crippen molar-refractivity contribution in [2.45, 2.75) is 20.0 Å². The van der Waals surface area contributed by atoms with Crippen LogP contribution in [0.2, 0.25) is 0 Å². The van der Waals surface area contributed by atoms with E-state index >= 15 is 52.7 Å². The lowest BCUT2D eigenvalue weighted by molar-refractivity contribution is -0.884. The molecule has 0 radical (unpaired) electrons. The zero-order valence-corrected chi connectivity index (χ0v) is 43.1. The maximum atomic E-state index is 15.9. The van der Waals surface area contributed by atoms with Gasteiger partial charge in [0, 0.05) is 16.7 Å². The number of halogens is 16. The molecular formula is C58H42F16N2O4+2. The third kappa shape index (κ3) is 10.9. The van der Waals surface area contributed by atoms with Crippen LogP contribution in [0.15, 0.2) is 84.9 Å². The Morgan fingerprint density at radius 2 is 0.575 bits per heavy atom. The van der Waals surface area contributed by atoms with E-state index in [1.165, 1.54) is 43.5 Å². The standard InChI is InChI=1S/C58H42F16N2O4/c1-25-40(59)42(61)36(43(62)41(25)60)37-44(63)50(69)56(51(70)45(37)64)78-32-15-9-26(10-16-32)27-11-17-33(18-12-27)79-57-52(71)46(65)38(47(66)53(57)72)39-48(67)54(73)58(55(74)49(39)68)80-35-20-14-29(22-31(35)24-76(5,6)7)28-13-19-34(77-8)30(21-28)23-75(2,3)4/h9-22H,23-24H2,1-8H3/q+2. The van der Waals surface area contributed by atoms with Crippen molar-refractivity contribution in [3.8, 4) is 84.8 Å². The van der Waals surface area contributed by atoms with Crippen LogP contribution in [0.4, 0.5) is 70.2 Å². The number of ether oxygens (including phenoxy) is 4. The van der Waals surface area contributed by atoms with E-state index in [1.807, 2.05) is 27.2 Å². The van der Waals surface area contributed by atoms with Crippen LogP contribution < -0.4 is 18.9 Å². The average molecular weight is 1130 g/mol. The molecule has 8 aromatic rings. The molecule has 0 aliphatic carbocycles. The molecule has 0 N–H and O–H groups in total. The van der Waals surface area contributed by atoms with Crippen LogP contribution in [0.25, 0.3) is 44.5 Å². The predicted octanol–water partition coefficient (Wildman–Crippen LogP) is 16.7. The van der Waals surface area contributed by atoms with Gasteiger partial charge in [0.2, 0.25) is 52.2 Å².